The van der Waals surface area contributed by atoms with Crippen molar-refractivity contribution in [2.24, 2.45) is 16.1 Å². The summed E-state index contributed by atoms with van der Waals surface area (Å²) in [5.74, 6) is -1.36. The Bertz CT molecular complexity index is 1350. The number of thioether (sulfide) groups is 1. The van der Waals surface area contributed by atoms with E-state index < -0.39 is 23.1 Å². The summed E-state index contributed by atoms with van der Waals surface area (Å²) in [5.41, 5.74) is 8.25. The van der Waals surface area contributed by atoms with Crippen LogP contribution in [0.4, 0.5) is 4.39 Å². The second-order valence-electron chi connectivity index (χ2n) is 9.14. The molecule has 1 atom stereocenters. The molecule has 1 aromatic heterocycles. The zero-order valence-electron chi connectivity index (χ0n) is 21.6. The number of amides is 2. The van der Waals surface area contributed by atoms with Crippen LogP contribution in [0.2, 0.25) is 5.02 Å². The average molecular weight is 589 g/mol. The Labute approximate surface area is 240 Å². The SMILES string of the molecule is CC(C)(C(=O)N=C(N)SC=N)C(c1cccc(F)c1)c1ccc(-c2ccc(CCOCCNC=O)c(Cl)c2)s1. The Kier molecular flexibility index (Phi) is 11.2. The topological polar surface area (TPSA) is 118 Å². The minimum Gasteiger partial charge on any atom is -0.379 e. The van der Waals surface area contributed by atoms with Gasteiger partial charge in [0.05, 0.1) is 24.2 Å². The first kappa shape index (κ1) is 30.5. The van der Waals surface area contributed by atoms with E-state index in [1.807, 2.05) is 30.3 Å². The molecule has 0 aliphatic rings. The number of carbonyl (C=O) groups is 2. The monoisotopic (exact) mass is 588 g/mol. The zero-order chi connectivity index (χ0) is 28.4. The number of nitrogens with one attached hydrogen (secondary N) is 2. The molecule has 11 heteroatoms. The molecular weight excluding hydrogens is 559 g/mol. The van der Waals surface area contributed by atoms with Crippen LogP contribution in [0.15, 0.2) is 59.6 Å². The third kappa shape index (κ3) is 8.22. The minimum absolute atomic E-state index is 0.0225. The molecule has 0 saturated carbocycles. The van der Waals surface area contributed by atoms with Crippen LogP contribution in [0.3, 0.4) is 0 Å². The lowest BCUT2D eigenvalue weighted by molar-refractivity contribution is -0.126. The molecule has 7 nitrogen and oxygen atoms in total. The summed E-state index contributed by atoms with van der Waals surface area (Å²) in [6, 6.07) is 16.0. The fourth-order valence-electron chi connectivity index (χ4n) is 4.12. The first-order valence-electron chi connectivity index (χ1n) is 12.1. The second kappa shape index (κ2) is 14.4. The van der Waals surface area contributed by atoms with Crippen LogP contribution in [-0.4, -0.2) is 42.8 Å². The van der Waals surface area contributed by atoms with Gasteiger partial charge in [0.2, 0.25) is 6.41 Å². The maximum Gasteiger partial charge on any atom is 0.254 e. The molecule has 2 aromatic carbocycles. The number of rotatable bonds is 13. The fourth-order valence-corrected chi connectivity index (χ4v) is 5.97. The molecule has 1 unspecified atom stereocenters. The van der Waals surface area contributed by atoms with Crippen molar-refractivity contribution in [2.45, 2.75) is 26.2 Å². The van der Waals surface area contributed by atoms with E-state index in [-0.39, 0.29) is 5.17 Å². The lowest BCUT2D eigenvalue weighted by Crippen LogP contribution is -2.32. The van der Waals surface area contributed by atoms with Crippen molar-refractivity contribution in [2.75, 3.05) is 19.8 Å². The molecule has 1 heterocycles. The van der Waals surface area contributed by atoms with Gasteiger partial charge in [-0.25, -0.2) is 4.39 Å². The highest BCUT2D eigenvalue weighted by Crippen LogP contribution is 2.46. The summed E-state index contributed by atoms with van der Waals surface area (Å²) in [7, 11) is 0. The molecule has 0 aliphatic heterocycles. The van der Waals surface area contributed by atoms with E-state index in [0.717, 1.165) is 38.2 Å². The summed E-state index contributed by atoms with van der Waals surface area (Å²) in [6.45, 7) is 4.89. The molecule has 2 amide bonds. The molecule has 39 heavy (non-hydrogen) atoms. The van der Waals surface area contributed by atoms with Crippen LogP contribution < -0.4 is 11.1 Å². The van der Waals surface area contributed by atoms with Crippen molar-refractivity contribution in [1.29, 1.82) is 5.41 Å². The number of nitrogens with zero attached hydrogens (tertiary/aromatic N) is 1. The van der Waals surface area contributed by atoms with E-state index in [0.29, 0.717) is 43.2 Å². The predicted octanol–water partition coefficient (Wildman–Crippen LogP) is 5.85. The first-order chi connectivity index (χ1) is 18.7. The van der Waals surface area contributed by atoms with Crippen LogP contribution >= 0.6 is 34.7 Å². The molecule has 206 valence electrons. The second-order valence-corrected chi connectivity index (χ2v) is 11.6. The summed E-state index contributed by atoms with van der Waals surface area (Å²) >= 11 is 8.92. The van der Waals surface area contributed by atoms with Gasteiger partial charge in [-0.3, -0.25) is 9.59 Å². The average Bonchev–Trinajstić information content (AvgIpc) is 3.36. The molecule has 0 saturated heterocycles. The van der Waals surface area contributed by atoms with Gasteiger partial charge in [0.1, 0.15) is 5.82 Å². The lowest BCUT2D eigenvalue weighted by Gasteiger charge is -2.31. The minimum atomic E-state index is -1.06. The summed E-state index contributed by atoms with van der Waals surface area (Å²) in [4.78, 5) is 29.3. The normalized spacial score (nSPS) is 12.7. The van der Waals surface area contributed by atoms with Crippen LogP contribution in [0.1, 0.15) is 35.8 Å². The molecule has 4 N–H and O–H groups in total. The maximum atomic E-state index is 14.3. The summed E-state index contributed by atoms with van der Waals surface area (Å²) in [6.07, 6.45) is 1.27. The molecule has 3 aromatic rings. The largest absolute Gasteiger partial charge is 0.379 e. The highest BCUT2D eigenvalue weighted by Gasteiger charge is 2.40. The van der Waals surface area contributed by atoms with E-state index in [1.165, 1.54) is 23.5 Å². The predicted molar refractivity (Wildman–Crippen MR) is 158 cm³/mol. The maximum absolute atomic E-state index is 14.3. The zero-order valence-corrected chi connectivity index (χ0v) is 24.0. The number of amidine groups is 1. The summed E-state index contributed by atoms with van der Waals surface area (Å²) in [5, 5.41) is 10.3. The number of hydrogen-bond donors (Lipinski definition) is 3. The van der Waals surface area contributed by atoms with Crippen LogP contribution in [0, 0.1) is 16.6 Å². The molecule has 0 bridgehead atoms. The molecular formula is C28H30ClFN4O3S2. The highest BCUT2D eigenvalue weighted by molar-refractivity contribution is 8.24. The number of nitrogens with two attached hydrogens (primary N) is 1. The molecule has 0 fully saturated rings. The van der Waals surface area contributed by atoms with E-state index in [9.17, 15) is 14.0 Å². The van der Waals surface area contributed by atoms with Gasteiger partial charge >= 0.3 is 0 Å². The van der Waals surface area contributed by atoms with E-state index >= 15 is 0 Å². The molecule has 0 spiro atoms. The van der Waals surface area contributed by atoms with Gasteiger partial charge in [0, 0.05) is 27.2 Å². The molecule has 0 radical (unpaired) electrons. The number of ether oxygens (including phenoxy) is 1. The number of hydrogen-bond acceptors (Lipinski definition) is 6. The third-order valence-corrected chi connectivity index (χ3v) is 8.09. The quantitative estimate of drug-likeness (QED) is 0.100. The Balaban J connectivity index is 1.88. The standard InChI is InChI=1S/C28H30ClFN4O3S2/c1-28(2,26(36)34-27(32)38-16-31)25(20-4-3-5-21(30)14-20)24-9-8-23(39-24)19-7-6-18(22(29)15-19)10-12-37-13-11-33-17-35/h3-9,14-17,25,31H,10-13H2,1-2H3,(H,33,35)(H2,32,34,36). The van der Waals surface area contributed by atoms with Crippen molar-refractivity contribution in [1.82, 2.24) is 5.32 Å². The van der Waals surface area contributed by atoms with E-state index in [2.05, 4.69) is 10.3 Å². The van der Waals surface area contributed by atoms with Crippen LogP contribution in [0.25, 0.3) is 10.4 Å². The smallest absolute Gasteiger partial charge is 0.254 e. The van der Waals surface area contributed by atoms with E-state index in [1.54, 1.807) is 26.0 Å². The van der Waals surface area contributed by atoms with Gasteiger partial charge in [-0.15, -0.1) is 11.3 Å². The van der Waals surface area contributed by atoms with Gasteiger partial charge < -0.3 is 21.2 Å². The number of halogens is 2. The van der Waals surface area contributed by atoms with Crippen molar-refractivity contribution in [3.8, 4) is 10.4 Å². The first-order valence-corrected chi connectivity index (χ1v) is 14.2. The van der Waals surface area contributed by atoms with Crippen molar-refractivity contribution in [3.05, 3.63) is 81.4 Å². The number of carbonyl (C=O) groups excluding carboxylic acids is 2. The number of thiophene rings is 1. The van der Waals surface area contributed by atoms with Crippen molar-refractivity contribution >= 4 is 57.7 Å². The Hall–Kier alpha value is -3.05. The molecule has 0 aliphatic carbocycles. The number of benzene rings is 2. The Morgan fingerprint density at radius 1 is 1.26 bits per heavy atom. The highest BCUT2D eigenvalue weighted by atomic mass is 35.5. The lowest BCUT2D eigenvalue weighted by atomic mass is 9.73. The van der Waals surface area contributed by atoms with Gasteiger partial charge in [-0.2, -0.15) is 4.99 Å². The van der Waals surface area contributed by atoms with E-state index in [4.69, 9.17) is 27.5 Å². The Morgan fingerprint density at radius 3 is 2.74 bits per heavy atom. The number of aliphatic imine (C=N–C) groups is 1. The van der Waals surface area contributed by atoms with Crippen LogP contribution in [0.5, 0.6) is 0 Å². The van der Waals surface area contributed by atoms with Gasteiger partial charge in [0.25, 0.3) is 5.91 Å². The summed E-state index contributed by atoms with van der Waals surface area (Å²) < 4.78 is 19.8. The van der Waals surface area contributed by atoms with Crippen molar-refractivity contribution in [3.63, 3.8) is 0 Å². The Morgan fingerprint density at radius 2 is 2.05 bits per heavy atom. The molecule has 3 rings (SSSR count). The van der Waals surface area contributed by atoms with Gasteiger partial charge in [-0.05, 0) is 79.1 Å². The van der Waals surface area contributed by atoms with Gasteiger partial charge in [-0.1, -0.05) is 35.9 Å². The van der Waals surface area contributed by atoms with Crippen LogP contribution in [-0.2, 0) is 20.7 Å². The van der Waals surface area contributed by atoms with Crippen molar-refractivity contribution < 1.29 is 18.7 Å². The van der Waals surface area contributed by atoms with Gasteiger partial charge in [0.15, 0.2) is 5.17 Å². The fraction of sp³-hybridized carbons (Fsp3) is 0.286. The third-order valence-electron chi connectivity index (χ3n) is 6.09.